The minimum absolute atomic E-state index is 0.160. The molecule has 2 aromatic carbocycles. The highest BCUT2D eigenvalue weighted by Crippen LogP contribution is 2.36. The zero-order valence-electron chi connectivity index (χ0n) is 22.3. The Kier molecular flexibility index (Phi) is 7.48. The van der Waals surface area contributed by atoms with Crippen LogP contribution in [-0.2, 0) is 23.9 Å². The molecule has 3 heterocycles. The van der Waals surface area contributed by atoms with Gasteiger partial charge in [0.15, 0.2) is 4.80 Å². The van der Waals surface area contributed by atoms with Crippen LogP contribution in [0.25, 0.3) is 5.57 Å². The lowest BCUT2D eigenvalue weighted by molar-refractivity contribution is -0.143. The van der Waals surface area contributed by atoms with Gasteiger partial charge in [-0.1, -0.05) is 53.3 Å². The van der Waals surface area contributed by atoms with Gasteiger partial charge in [-0.15, -0.1) is 0 Å². The van der Waals surface area contributed by atoms with Crippen molar-refractivity contribution < 1.29 is 23.9 Å². The van der Waals surface area contributed by atoms with Gasteiger partial charge in [0.2, 0.25) is 0 Å². The second-order valence-electron chi connectivity index (χ2n) is 9.50. The SMILES string of the molecule is CCOC(=O)CN1C(=O)/C(=c2/sc3n(c2=O)[C@@H](c2ccc(Cl)cc2)C(C(=O)OC(C)C)=C(C)N=3)c2ccccc21. The molecule has 5 rings (SSSR count). The predicted molar refractivity (Wildman–Crippen MR) is 151 cm³/mol. The van der Waals surface area contributed by atoms with Gasteiger partial charge in [-0.3, -0.25) is 23.9 Å². The van der Waals surface area contributed by atoms with Crippen molar-refractivity contribution >= 4 is 52.0 Å². The van der Waals surface area contributed by atoms with Crippen LogP contribution in [0, 0.1) is 0 Å². The Hall–Kier alpha value is -4.02. The number of rotatable bonds is 6. The maximum Gasteiger partial charge on any atom is 0.338 e. The van der Waals surface area contributed by atoms with Crippen LogP contribution in [0.4, 0.5) is 5.69 Å². The summed E-state index contributed by atoms with van der Waals surface area (Å²) in [5.41, 5.74) is 1.99. The highest BCUT2D eigenvalue weighted by atomic mass is 35.5. The summed E-state index contributed by atoms with van der Waals surface area (Å²) in [5, 5.41) is 0.500. The summed E-state index contributed by atoms with van der Waals surface area (Å²) in [6, 6.07) is 13.0. The van der Waals surface area contributed by atoms with E-state index in [9.17, 15) is 19.2 Å². The topological polar surface area (TPSA) is 107 Å². The van der Waals surface area contributed by atoms with E-state index in [4.69, 9.17) is 21.1 Å². The third-order valence-corrected chi connectivity index (χ3v) is 7.79. The fourth-order valence-electron chi connectivity index (χ4n) is 4.86. The Morgan fingerprint density at radius 3 is 2.48 bits per heavy atom. The molecule has 0 radical (unpaired) electrons. The number of thiazole rings is 1. The van der Waals surface area contributed by atoms with E-state index in [1.54, 1.807) is 76.2 Å². The maximum absolute atomic E-state index is 14.2. The first-order chi connectivity index (χ1) is 19.1. The number of hydrogen-bond acceptors (Lipinski definition) is 8. The summed E-state index contributed by atoms with van der Waals surface area (Å²) >= 11 is 7.20. The summed E-state index contributed by atoms with van der Waals surface area (Å²) in [6.45, 7) is 6.76. The molecule has 0 bridgehead atoms. The van der Waals surface area contributed by atoms with Gasteiger partial charge in [-0.25, -0.2) is 9.79 Å². The number of carbonyl (C=O) groups is 3. The van der Waals surface area contributed by atoms with Crippen molar-refractivity contribution in [2.24, 2.45) is 4.99 Å². The van der Waals surface area contributed by atoms with Crippen molar-refractivity contribution in [2.75, 3.05) is 18.1 Å². The van der Waals surface area contributed by atoms with E-state index >= 15 is 0 Å². The Morgan fingerprint density at radius 1 is 1.10 bits per heavy atom. The monoisotopic (exact) mass is 579 g/mol. The van der Waals surface area contributed by atoms with Crippen LogP contribution in [0.2, 0.25) is 5.02 Å². The first-order valence-electron chi connectivity index (χ1n) is 12.7. The lowest BCUT2D eigenvalue weighted by Crippen LogP contribution is -2.41. The highest BCUT2D eigenvalue weighted by Gasteiger charge is 2.38. The number of fused-ring (bicyclic) bond motifs is 2. The Bertz CT molecular complexity index is 1750. The first kappa shape index (κ1) is 27.5. The maximum atomic E-state index is 14.2. The molecule has 1 atom stereocenters. The summed E-state index contributed by atoms with van der Waals surface area (Å²) in [5.74, 6) is -1.63. The van der Waals surface area contributed by atoms with E-state index in [-0.39, 0.29) is 34.9 Å². The van der Waals surface area contributed by atoms with E-state index in [0.29, 0.717) is 32.3 Å². The molecular formula is C29H26ClN3O6S. The Morgan fingerprint density at radius 2 is 1.80 bits per heavy atom. The molecular weight excluding hydrogens is 554 g/mol. The van der Waals surface area contributed by atoms with Gasteiger partial charge in [0.1, 0.15) is 11.1 Å². The number of nitrogens with zero attached hydrogens (tertiary/aromatic N) is 3. The van der Waals surface area contributed by atoms with Gasteiger partial charge >= 0.3 is 11.9 Å². The van der Waals surface area contributed by atoms with E-state index in [2.05, 4.69) is 4.99 Å². The third kappa shape index (κ3) is 4.77. The Labute approximate surface area is 238 Å². The summed E-state index contributed by atoms with van der Waals surface area (Å²) in [7, 11) is 0. The average Bonchev–Trinajstić information content (AvgIpc) is 3.36. The predicted octanol–water partition coefficient (Wildman–Crippen LogP) is 3.12. The van der Waals surface area contributed by atoms with Gasteiger partial charge in [0, 0.05) is 10.6 Å². The number of para-hydroxylation sites is 1. The smallest absolute Gasteiger partial charge is 0.338 e. The number of anilines is 1. The van der Waals surface area contributed by atoms with E-state index in [1.807, 2.05) is 0 Å². The molecule has 9 nitrogen and oxygen atoms in total. The van der Waals surface area contributed by atoms with Crippen molar-refractivity contribution in [1.82, 2.24) is 4.57 Å². The van der Waals surface area contributed by atoms with Crippen LogP contribution in [-0.4, -0.2) is 41.7 Å². The first-order valence-corrected chi connectivity index (χ1v) is 13.9. The van der Waals surface area contributed by atoms with Crippen molar-refractivity contribution in [3.8, 4) is 0 Å². The quantitative estimate of drug-likeness (QED) is 0.415. The largest absolute Gasteiger partial charge is 0.465 e. The number of ether oxygens (including phenoxy) is 2. The lowest BCUT2D eigenvalue weighted by atomic mass is 9.96. The lowest BCUT2D eigenvalue weighted by Gasteiger charge is -2.25. The van der Waals surface area contributed by atoms with E-state index in [1.165, 1.54) is 9.47 Å². The molecule has 0 saturated heterocycles. The van der Waals surface area contributed by atoms with Crippen LogP contribution in [0.3, 0.4) is 0 Å². The van der Waals surface area contributed by atoms with Crippen LogP contribution in [0.15, 0.2) is 69.6 Å². The third-order valence-electron chi connectivity index (χ3n) is 6.49. The van der Waals surface area contributed by atoms with Crippen LogP contribution in [0.1, 0.15) is 44.9 Å². The standard InChI is InChI=1S/C29H26ClN3O6S/c1-5-38-21(34)14-32-20-9-7-6-8-19(20)23(26(32)35)25-27(36)33-24(17-10-12-18(30)13-11-17)22(28(37)39-15(2)3)16(4)31-29(33)40-25/h6-13,15,24H,5,14H2,1-4H3/b25-23+/t24-/m0/s1. The van der Waals surface area contributed by atoms with Crippen LogP contribution < -0.4 is 19.8 Å². The summed E-state index contributed by atoms with van der Waals surface area (Å²) in [6.07, 6.45) is -0.386. The van der Waals surface area contributed by atoms with Crippen molar-refractivity contribution in [3.05, 3.63) is 95.6 Å². The Balaban J connectivity index is 1.75. The summed E-state index contributed by atoms with van der Waals surface area (Å²) < 4.78 is 12.2. The number of allylic oxidation sites excluding steroid dienone is 1. The molecule has 0 unspecified atom stereocenters. The van der Waals surface area contributed by atoms with Gasteiger partial charge in [0.05, 0.1) is 41.3 Å². The van der Waals surface area contributed by atoms with Gasteiger partial charge in [-0.05, 0) is 51.5 Å². The number of carbonyl (C=O) groups excluding carboxylic acids is 3. The zero-order chi connectivity index (χ0) is 28.7. The van der Waals surface area contributed by atoms with Crippen molar-refractivity contribution in [3.63, 3.8) is 0 Å². The van der Waals surface area contributed by atoms with Crippen LogP contribution in [0.5, 0.6) is 0 Å². The second-order valence-corrected chi connectivity index (χ2v) is 10.9. The highest BCUT2D eigenvalue weighted by molar-refractivity contribution is 7.07. The number of aromatic nitrogens is 1. The van der Waals surface area contributed by atoms with E-state index < -0.39 is 29.4 Å². The average molecular weight is 580 g/mol. The molecule has 0 spiro atoms. The molecule has 1 amide bonds. The minimum atomic E-state index is -0.850. The van der Waals surface area contributed by atoms with Gasteiger partial charge in [0.25, 0.3) is 11.5 Å². The molecule has 0 saturated carbocycles. The fraction of sp³-hybridized carbons (Fsp3) is 0.276. The molecule has 0 N–H and O–H groups in total. The van der Waals surface area contributed by atoms with E-state index in [0.717, 1.165) is 11.3 Å². The number of amides is 1. The molecule has 2 aliphatic heterocycles. The fourth-order valence-corrected chi connectivity index (χ4v) is 6.13. The van der Waals surface area contributed by atoms with Gasteiger partial charge in [-0.2, -0.15) is 0 Å². The molecule has 1 aromatic heterocycles. The van der Waals surface area contributed by atoms with Crippen LogP contribution >= 0.6 is 22.9 Å². The molecule has 2 aliphatic rings. The zero-order valence-corrected chi connectivity index (χ0v) is 23.8. The summed E-state index contributed by atoms with van der Waals surface area (Å²) in [4.78, 5) is 59.7. The number of esters is 2. The second kappa shape index (κ2) is 10.9. The minimum Gasteiger partial charge on any atom is -0.465 e. The molecule has 0 aliphatic carbocycles. The normalized spacial score (nSPS) is 17.5. The molecule has 40 heavy (non-hydrogen) atoms. The molecule has 3 aromatic rings. The molecule has 206 valence electrons. The number of hydrogen-bond donors (Lipinski definition) is 0. The molecule has 11 heteroatoms. The van der Waals surface area contributed by atoms with Crippen molar-refractivity contribution in [2.45, 2.75) is 39.8 Å². The van der Waals surface area contributed by atoms with Crippen molar-refractivity contribution in [1.29, 1.82) is 0 Å². The number of benzene rings is 2. The van der Waals surface area contributed by atoms with Gasteiger partial charge < -0.3 is 9.47 Å². The molecule has 0 fully saturated rings. The number of halogens is 1.